The Morgan fingerprint density at radius 2 is 1.92 bits per heavy atom. The van der Waals surface area contributed by atoms with Gasteiger partial charge in [0, 0.05) is 4.88 Å². The predicted octanol–water partition coefficient (Wildman–Crippen LogP) is 2.63. The van der Waals surface area contributed by atoms with Crippen molar-refractivity contribution in [1.82, 2.24) is 0 Å². The fourth-order valence-electron chi connectivity index (χ4n) is 1.99. The summed E-state index contributed by atoms with van der Waals surface area (Å²) in [4.78, 5) is 12.7. The Morgan fingerprint density at radius 3 is 2.54 bits per heavy atom. The van der Waals surface area contributed by atoms with Gasteiger partial charge in [0.1, 0.15) is 4.88 Å². The van der Waals surface area contributed by atoms with E-state index >= 15 is 0 Å². The van der Waals surface area contributed by atoms with Crippen LogP contribution in [0.15, 0.2) is 0 Å². The number of hydrogen-bond acceptors (Lipinski definition) is 2. The number of carboxylic acid groups (broad SMARTS) is 1. The summed E-state index contributed by atoms with van der Waals surface area (Å²) in [5.41, 5.74) is 2.43. The second kappa shape index (κ2) is 3.14. The van der Waals surface area contributed by atoms with E-state index in [0.717, 1.165) is 24.8 Å². The Balaban J connectivity index is 2.53. The lowest BCUT2D eigenvalue weighted by Crippen LogP contribution is -2.05. The molecule has 0 unspecified atom stereocenters. The molecule has 13 heavy (non-hydrogen) atoms. The lowest BCUT2D eigenvalue weighted by molar-refractivity contribution is 0.0701. The summed E-state index contributed by atoms with van der Waals surface area (Å²) in [7, 11) is 0. The highest BCUT2D eigenvalue weighted by Crippen LogP contribution is 2.33. The van der Waals surface area contributed by atoms with E-state index in [1.807, 2.05) is 6.92 Å². The maximum Gasteiger partial charge on any atom is 0.346 e. The van der Waals surface area contributed by atoms with Gasteiger partial charge in [0.15, 0.2) is 0 Å². The van der Waals surface area contributed by atoms with Crippen molar-refractivity contribution < 1.29 is 9.90 Å². The van der Waals surface area contributed by atoms with Gasteiger partial charge in [-0.05, 0) is 43.7 Å². The number of carbonyl (C=O) groups is 1. The maximum absolute atomic E-state index is 10.9. The van der Waals surface area contributed by atoms with Crippen molar-refractivity contribution >= 4 is 17.3 Å². The summed E-state index contributed by atoms with van der Waals surface area (Å²) >= 11 is 1.44. The Kier molecular flexibility index (Phi) is 2.12. The third-order valence-corrected chi connectivity index (χ3v) is 3.79. The highest BCUT2D eigenvalue weighted by Gasteiger charge is 2.22. The molecular weight excluding hydrogens is 184 g/mol. The quantitative estimate of drug-likeness (QED) is 0.749. The Hall–Kier alpha value is -0.830. The molecule has 0 bridgehead atoms. The standard InChI is InChI=1S/C10H12O2S/c1-6-7-4-2-3-5-8(7)9(13-6)10(11)12/h2-5H2,1H3,(H,11,12). The minimum Gasteiger partial charge on any atom is -0.477 e. The molecule has 1 N–H and O–H groups in total. The molecule has 1 aliphatic carbocycles. The van der Waals surface area contributed by atoms with E-state index in [0.29, 0.717) is 4.88 Å². The average Bonchev–Trinajstić information content (AvgIpc) is 2.45. The average molecular weight is 196 g/mol. The predicted molar refractivity (Wildman–Crippen MR) is 52.7 cm³/mol. The van der Waals surface area contributed by atoms with E-state index in [1.165, 1.54) is 28.2 Å². The Morgan fingerprint density at radius 1 is 1.31 bits per heavy atom. The van der Waals surface area contributed by atoms with Gasteiger partial charge in [-0.25, -0.2) is 4.79 Å². The van der Waals surface area contributed by atoms with Gasteiger partial charge in [0.25, 0.3) is 0 Å². The second-order valence-electron chi connectivity index (χ2n) is 3.46. The fraction of sp³-hybridized carbons (Fsp3) is 0.500. The zero-order valence-electron chi connectivity index (χ0n) is 7.59. The van der Waals surface area contributed by atoms with E-state index in [4.69, 9.17) is 5.11 Å². The van der Waals surface area contributed by atoms with E-state index in [-0.39, 0.29) is 0 Å². The number of carboxylic acids is 1. The zero-order valence-corrected chi connectivity index (χ0v) is 8.41. The molecule has 0 radical (unpaired) electrons. The lowest BCUT2D eigenvalue weighted by atomic mass is 9.92. The normalized spacial score (nSPS) is 15.5. The van der Waals surface area contributed by atoms with Gasteiger partial charge < -0.3 is 5.11 Å². The van der Waals surface area contributed by atoms with E-state index < -0.39 is 5.97 Å². The number of aryl methyl sites for hydroxylation is 1. The molecular formula is C10H12O2S. The summed E-state index contributed by atoms with van der Waals surface area (Å²) in [5.74, 6) is -0.753. The molecule has 0 spiro atoms. The van der Waals surface area contributed by atoms with Crippen LogP contribution in [0.5, 0.6) is 0 Å². The van der Waals surface area contributed by atoms with Crippen LogP contribution in [0.3, 0.4) is 0 Å². The van der Waals surface area contributed by atoms with Crippen molar-refractivity contribution in [3.8, 4) is 0 Å². The van der Waals surface area contributed by atoms with Gasteiger partial charge >= 0.3 is 5.97 Å². The molecule has 2 nitrogen and oxygen atoms in total. The summed E-state index contributed by atoms with van der Waals surface area (Å²) in [6.45, 7) is 2.03. The Bertz CT molecular complexity index is 352. The smallest absolute Gasteiger partial charge is 0.346 e. The molecule has 0 atom stereocenters. The molecule has 1 aliphatic rings. The fourth-order valence-corrected chi connectivity index (χ4v) is 3.08. The van der Waals surface area contributed by atoms with Gasteiger partial charge in [0.05, 0.1) is 0 Å². The summed E-state index contributed by atoms with van der Waals surface area (Å²) in [6.07, 6.45) is 4.39. The first-order valence-electron chi connectivity index (χ1n) is 4.54. The van der Waals surface area contributed by atoms with Crippen molar-refractivity contribution in [2.75, 3.05) is 0 Å². The SMILES string of the molecule is Cc1sc(C(=O)O)c2c1CCCC2. The Labute approximate surface area is 81.2 Å². The molecule has 2 rings (SSSR count). The van der Waals surface area contributed by atoms with Gasteiger partial charge in [-0.3, -0.25) is 0 Å². The molecule has 1 aromatic rings. The second-order valence-corrected chi connectivity index (χ2v) is 4.68. The highest BCUT2D eigenvalue weighted by molar-refractivity contribution is 7.14. The molecule has 0 saturated heterocycles. The molecule has 70 valence electrons. The number of fused-ring (bicyclic) bond motifs is 1. The summed E-state index contributed by atoms with van der Waals surface area (Å²) < 4.78 is 0. The molecule has 1 heterocycles. The number of thiophene rings is 1. The molecule has 0 aromatic carbocycles. The number of rotatable bonds is 1. The highest BCUT2D eigenvalue weighted by atomic mass is 32.1. The maximum atomic E-state index is 10.9. The van der Waals surface area contributed by atoms with Crippen LogP contribution in [0, 0.1) is 6.92 Å². The van der Waals surface area contributed by atoms with Crippen molar-refractivity contribution in [1.29, 1.82) is 0 Å². The zero-order chi connectivity index (χ0) is 9.42. The van der Waals surface area contributed by atoms with E-state index in [9.17, 15) is 4.79 Å². The van der Waals surface area contributed by atoms with Crippen LogP contribution >= 0.6 is 11.3 Å². The van der Waals surface area contributed by atoms with Crippen LogP contribution in [0.4, 0.5) is 0 Å². The molecule has 0 saturated carbocycles. The van der Waals surface area contributed by atoms with Gasteiger partial charge in [-0.1, -0.05) is 0 Å². The molecule has 0 amide bonds. The summed E-state index contributed by atoms with van der Waals surface area (Å²) in [6, 6.07) is 0. The van der Waals surface area contributed by atoms with Crippen molar-refractivity contribution in [3.63, 3.8) is 0 Å². The molecule has 0 fully saturated rings. The molecule has 3 heteroatoms. The van der Waals surface area contributed by atoms with Gasteiger partial charge in [-0.15, -0.1) is 11.3 Å². The van der Waals surface area contributed by atoms with E-state index in [2.05, 4.69) is 0 Å². The van der Waals surface area contributed by atoms with Crippen LogP contribution in [-0.2, 0) is 12.8 Å². The van der Waals surface area contributed by atoms with Crippen molar-refractivity contribution in [3.05, 3.63) is 20.9 Å². The molecule has 0 aliphatic heterocycles. The first-order valence-corrected chi connectivity index (χ1v) is 5.36. The van der Waals surface area contributed by atoms with Crippen LogP contribution in [-0.4, -0.2) is 11.1 Å². The first kappa shape index (κ1) is 8.75. The lowest BCUT2D eigenvalue weighted by Gasteiger charge is -2.12. The van der Waals surface area contributed by atoms with Crippen molar-refractivity contribution in [2.24, 2.45) is 0 Å². The van der Waals surface area contributed by atoms with Crippen LogP contribution in [0.25, 0.3) is 0 Å². The van der Waals surface area contributed by atoms with E-state index in [1.54, 1.807) is 0 Å². The molecule has 1 aromatic heterocycles. The van der Waals surface area contributed by atoms with Gasteiger partial charge in [0.2, 0.25) is 0 Å². The first-order chi connectivity index (χ1) is 6.20. The topological polar surface area (TPSA) is 37.3 Å². The monoisotopic (exact) mass is 196 g/mol. The largest absolute Gasteiger partial charge is 0.477 e. The number of hydrogen-bond donors (Lipinski definition) is 1. The summed E-state index contributed by atoms with van der Waals surface area (Å²) in [5, 5.41) is 8.96. The minimum atomic E-state index is -0.753. The minimum absolute atomic E-state index is 0.576. The number of aromatic carboxylic acids is 1. The van der Waals surface area contributed by atoms with Crippen LogP contribution in [0.2, 0.25) is 0 Å². The third kappa shape index (κ3) is 1.37. The van der Waals surface area contributed by atoms with Crippen LogP contribution < -0.4 is 0 Å². The third-order valence-electron chi connectivity index (χ3n) is 2.62. The van der Waals surface area contributed by atoms with Crippen molar-refractivity contribution in [2.45, 2.75) is 32.6 Å². The van der Waals surface area contributed by atoms with Gasteiger partial charge in [-0.2, -0.15) is 0 Å². The van der Waals surface area contributed by atoms with Crippen LogP contribution in [0.1, 0.15) is 38.5 Å².